The molecule has 0 spiro atoms. The predicted octanol–water partition coefficient (Wildman–Crippen LogP) is 6.91. The van der Waals surface area contributed by atoms with Crippen LogP contribution in [0.2, 0.25) is 0 Å². The van der Waals surface area contributed by atoms with Crippen LogP contribution in [0.15, 0.2) is 40.5 Å². The number of hydrogen-bond acceptors (Lipinski definition) is 9. The molecule has 0 saturated heterocycles. The number of aliphatic imine (C=N–C) groups is 1. The molecule has 0 aromatic carbocycles. The number of esters is 1. The van der Waals surface area contributed by atoms with E-state index in [-0.39, 0.29) is 18.2 Å². The fourth-order valence-electron chi connectivity index (χ4n) is 4.22. The molecule has 7 nitrogen and oxygen atoms in total. The first-order chi connectivity index (χ1) is 18.5. The second-order valence-electron chi connectivity index (χ2n) is 8.59. The minimum Gasteiger partial charge on any atom is -0.465 e. The fourth-order valence-corrected chi connectivity index (χ4v) is 8.11. The lowest BCUT2D eigenvalue weighted by Gasteiger charge is -2.17. The van der Waals surface area contributed by atoms with Crippen molar-refractivity contribution in [2.24, 2.45) is 4.99 Å². The highest BCUT2D eigenvalue weighted by atomic mass is 32.2. The first-order valence-corrected chi connectivity index (χ1v) is 15.7. The number of carbonyl (C=O) groups is 3. The lowest BCUT2D eigenvalue weighted by atomic mass is 10.1. The number of amidine groups is 1. The van der Waals surface area contributed by atoms with E-state index in [1.807, 2.05) is 22.9 Å². The van der Waals surface area contributed by atoms with Crippen LogP contribution >= 0.6 is 45.8 Å². The molecule has 2 amide bonds. The number of thiophene rings is 3. The minimum absolute atomic E-state index is 0.0112. The molecular weight excluding hydrogens is 559 g/mol. The molecule has 3 aromatic rings. The molecule has 0 radical (unpaired) electrons. The number of nitrogens with one attached hydrogen (secondary N) is 1. The number of aryl methyl sites for hydroxylation is 1. The zero-order chi connectivity index (χ0) is 27.1. The molecule has 0 unspecified atom stereocenters. The molecular formula is C27H29N3O4S4. The third-order valence-corrected chi connectivity index (χ3v) is 10.2. The van der Waals surface area contributed by atoms with Gasteiger partial charge in [-0.1, -0.05) is 30.3 Å². The third kappa shape index (κ3) is 6.45. The molecule has 0 bridgehead atoms. The molecule has 1 aliphatic carbocycles. The zero-order valence-corrected chi connectivity index (χ0v) is 24.5. The van der Waals surface area contributed by atoms with E-state index in [0.717, 1.165) is 33.8 Å². The molecule has 3 aromatic heterocycles. The Morgan fingerprint density at radius 3 is 2.79 bits per heavy atom. The summed E-state index contributed by atoms with van der Waals surface area (Å²) in [5.74, 6) is -0.807. The van der Waals surface area contributed by atoms with Crippen molar-refractivity contribution in [3.05, 3.63) is 57.1 Å². The van der Waals surface area contributed by atoms with E-state index < -0.39 is 5.97 Å². The van der Waals surface area contributed by atoms with Gasteiger partial charge in [-0.25, -0.2) is 9.79 Å². The standard InChI is InChI=1S/C27H29N3O4S4/c1-4-12-30(16-31)27(29-24-17(2)18-9-6-5-7-10-21(18)38-24)37-15-22(32)28-25-23(26(33)34-3)19(14-36-25)20-11-8-13-35-20/h4,8,11,13-14,16H,1,5-7,9-10,12,15H2,2-3H3,(H,28,32). The van der Waals surface area contributed by atoms with E-state index in [9.17, 15) is 14.4 Å². The first kappa shape index (κ1) is 28.3. The third-order valence-electron chi connectivity index (χ3n) is 6.11. The van der Waals surface area contributed by atoms with Crippen molar-refractivity contribution in [1.82, 2.24) is 4.90 Å². The second-order valence-corrected chi connectivity index (χ2v) is 12.4. The normalized spacial score (nSPS) is 13.4. The molecule has 3 heterocycles. The van der Waals surface area contributed by atoms with Crippen molar-refractivity contribution < 1.29 is 19.1 Å². The summed E-state index contributed by atoms with van der Waals surface area (Å²) in [4.78, 5) is 46.1. The maximum absolute atomic E-state index is 13.0. The van der Waals surface area contributed by atoms with Gasteiger partial charge in [-0.15, -0.1) is 40.6 Å². The van der Waals surface area contributed by atoms with Crippen molar-refractivity contribution in [2.45, 2.75) is 39.0 Å². The van der Waals surface area contributed by atoms with Crippen molar-refractivity contribution >= 4 is 79.2 Å². The van der Waals surface area contributed by atoms with Gasteiger partial charge in [0.15, 0.2) is 5.17 Å². The van der Waals surface area contributed by atoms with Gasteiger partial charge in [-0.3, -0.25) is 14.5 Å². The van der Waals surface area contributed by atoms with E-state index in [2.05, 4.69) is 18.8 Å². The highest BCUT2D eigenvalue weighted by Crippen LogP contribution is 2.40. The van der Waals surface area contributed by atoms with Gasteiger partial charge < -0.3 is 10.1 Å². The van der Waals surface area contributed by atoms with Crippen LogP contribution in [0.5, 0.6) is 0 Å². The fraction of sp³-hybridized carbons (Fsp3) is 0.333. The van der Waals surface area contributed by atoms with Gasteiger partial charge in [0.25, 0.3) is 0 Å². The van der Waals surface area contributed by atoms with E-state index >= 15 is 0 Å². The van der Waals surface area contributed by atoms with Crippen LogP contribution < -0.4 is 5.32 Å². The Labute approximate surface area is 238 Å². The van der Waals surface area contributed by atoms with E-state index in [1.54, 1.807) is 17.4 Å². The van der Waals surface area contributed by atoms with Crippen LogP contribution in [0, 0.1) is 6.92 Å². The lowest BCUT2D eigenvalue weighted by Crippen LogP contribution is -2.29. The quantitative estimate of drug-likeness (QED) is 0.0734. The molecule has 38 heavy (non-hydrogen) atoms. The highest BCUT2D eigenvalue weighted by molar-refractivity contribution is 8.14. The summed E-state index contributed by atoms with van der Waals surface area (Å²) in [6.45, 7) is 6.11. The number of fused-ring (bicyclic) bond motifs is 1. The van der Waals surface area contributed by atoms with Crippen molar-refractivity contribution in [3.63, 3.8) is 0 Å². The molecule has 200 valence electrons. The summed E-state index contributed by atoms with van der Waals surface area (Å²) >= 11 is 5.64. The maximum Gasteiger partial charge on any atom is 0.341 e. The van der Waals surface area contributed by atoms with Crippen LogP contribution in [0.25, 0.3) is 10.4 Å². The van der Waals surface area contributed by atoms with E-state index in [4.69, 9.17) is 9.73 Å². The molecule has 0 aliphatic heterocycles. The van der Waals surface area contributed by atoms with Crippen molar-refractivity contribution in [3.8, 4) is 10.4 Å². The largest absolute Gasteiger partial charge is 0.465 e. The summed E-state index contributed by atoms with van der Waals surface area (Å²) in [6, 6.07) is 3.83. The molecule has 4 rings (SSSR count). The smallest absolute Gasteiger partial charge is 0.341 e. The number of rotatable bonds is 9. The van der Waals surface area contributed by atoms with Gasteiger partial charge >= 0.3 is 5.97 Å². The van der Waals surface area contributed by atoms with Crippen LogP contribution in [0.1, 0.15) is 45.6 Å². The summed E-state index contributed by atoms with van der Waals surface area (Å²) < 4.78 is 4.99. The van der Waals surface area contributed by atoms with Crippen molar-refractivity contribution in [2.75, 3.05) is 24.7 Å². The van der Waals surface area contributed by atoms with Gasteiger partial charge in [-0.05, 0) is 55.2 Å². The van der Waals surface area contributed by atoms with Crippen LogP contribution in [-0.4, -0.2) is 47.8 Å². The average Bonchev–Trinajstić information content (AvgIpc) is 3.61. The van der Waals surface area contributed by atoms with Gasteiger partial charge in [0.2, 0.25) is 12.3 Å². The Kier molecular flexibility index (Phi) is 9.95. The van der Waals surface area contributed by atoms with Gasteiger partial charge in [0.05, 0.1) is 12.9 Å². The van der Waals surface area contributed by atoms with Crippen LogP contribution in [0.4, 0.5) is 10.0 Å². The Hall–Kier alpha value is -2.73. The highest BCUT2D eigenvalue weighted by Gasteiger charge is 2.24. The Morgan fingerprint density at radius 2 is 2.08 bits per heavy atom. The van der Waals surface area contributed by atoms with Gasteiger partial charge in [0.1, 0.15) is 15.6 Å². The lowest BCUT2D eigenvalue weighted by molar-refractivity contribution is -0.115. The van der Waals surface area contributed by atoms with Gasteiger partial charge in [-0.2, -0.15) is 0 Å². The molecule has 0 atom stereocenters. The monoisotopic (exact) mass is 587 g/mol. The first-order valence-electron chi connectivity index (χ1n) is 12.2. The van der Waals surface area contributed by atoms with Crippen LogP contribution in [-0.2, 0) is 27.2 Å². The number of carbonyl (C=O) groups excluding carboxylic acids is 3. The average molecular weight is 588 g/mol. The SMILES string of the molecule is C=CCN(C=O)C(=Nc1sc2c(c1C)CCCCC2)SCC(=O)Nc1scc(-c2cccs2)c1C(=O)OC. The summed E-state index contributed by atoms with van der Waals surface area (Å²) in [5.41, 5.74) is 3.60. The number of hydrogen-bond donors (Lipinski definition) is 1. The number of anilines is 1. The Balaban J connectivity index is 1.55. The summed E-state index contributed by atoms with van der Waals surface area (Å²) in [7, 11) is 1.32. The van der Waals surface area contributed by atoms with E-state index in [1.165, 1.54) is 76.1 Å². The van der Waals surface area contributed by atoms with Crippen LogP contribution in [0.3, 0.4) is 0 Å². The Bertz CT molecular complexity index is 1340. The van der Waals surface area contributed by atoms with Gasteiger partial charge in [0, 0.05) is 27.2 Å². The molecule has 0 saturated carbocycles. The number of ether oxygens (including phenoxy) is 1. The molecule has 1 N–H and O–H groups in total. The predicted molar refractivity (Wildman–Crippen MR) is 160 cm³/mol. The Morgan fingerprint density at radius 1 is 1.26 bits per heavy atom. The molecule has 1 aliphatic rings. The summed E-state index contributed by atoms with van der Waals surface area (Å²) in [5, 5.41) is 8.38. The summed E-state index contributed by atoms with van der Waals surface area (Å²) in [6.07, 6.45) is 8.05. The zero-order valence-electron chi connectivity index (χ0n) is 21.3. The van der Waals surface area contributed by atoms with E-state index in [0.29, 0.717) is 22.1 Å². The topological polar surface area (TPSA) is 88.1 Å². The molecule has 0 fully saturated rings. The maximum atomic E-state index is 13.0. The molecule has 11 heteroatoms. The second kappa shape index (κ2) is 13.4. The minimum atomic E-state index is -0.508. The number of thioether (sulfide) groups is 1. The number of amides is 2. The van der Waals surface area contributed by atoms with Crippen molar-refractivity contribution in [1.29, 1.82) is 0 Å². The number of nitrogens with zero attached hydrogens (tertiary/aromatic N) is 2. The number of methoxy groups -OCH3 is 1.